The van der Waals surface area contributed by atoms with Crippen LogP contribution >= 0.6 is 39.1 Å². The number of hydrogen-bond donors (Lipinski definition) is 1. The molecule has 0 aliphatic heterocycles. The van der Waals surface area contributed by atoms with Crippen molar-refractivity contribution in [2.24, 2.45) is 0 Å². The van der Waals surface area contributed by atoms with Crippen LogP contribution in [0, 0.1) is 0 Å². The summed E-state index contributed by atoms with van der Waals surface area (Å²) in [5.74, 6) is 0. The molecular formula is C14H12BrCl2N. The highest BCUT2D eigenvalue weighted by atomic mass is 79.9. The zero-order valence-corrected chi connectivity index (χ0v) is 12.9. The number of nitrogens with one attached hydrogen (secondary N) is 1. The van der Waals surface area contributed by atoms with Gasteiger partial charge < -0.3 is 5.32 Å². The summed E-state index contributed by atoms with van der Waals surface area (Å²) in [5.41, 5.74) is 2.10. The standard InChI is InChI=1S/C14H12BrCl2N/c1-9(13-4-2-3-5-14(13)15)18-12-7-10(16)6-11(17)8-12/h2-9,18H,1H3. The second kappa shape index (κ2) is 5.96. The van der Waals surface area contributed by atoms with Crippen molar-refractivity contribution in [1.29, 1.82) is 0 Å². The molecule has 0 fully saturated rings. The number of halogens is 3. The second-order valence-electron chi connectivity index (χ2n) is 4.05. The molecule has 0 radical (unpaired) electrons. The third kappa shape index (κ3) is 3.41. The predicted molar refractivity (Wildman–Crippen MR) is 82.6 cm³/mol. The minimum Gasteiger partial charge on any atom is -0.378 e. The van der Waals surface area contributed by atoms with E-state index in [0.29, 0.717) is 10.0 Å². The van der Waals surface area contributed by atoms with E-state index in [0.717, 1.165) is 10.2 Å². The Labute approximate surface area is 125 Å². The van der Waals surface area contributed by atoms with Crippen molar-refractivity contribution in [1.82, 2.24) is 0 Å². The van der Waals surface area contributed by atoms with Crippen molar-refractivity contribution >= 4 is 44.8 Å². The first kappa shape index (κ1) is 13.7. The van der Waals surface area contributed by atoms with Crippen LogP contribution < -0.4 is 5.32 Å². The van der Waals surface area contributed by atoms with E-state index in [1.54, 1.807) is 6.07 Å². The lowest BCUT2D eigenvalue weighted by Gasteiger charge is -2.17. The van der Waals surface area contributed by atoms with E-state index in [-0.39, 0.29) is 6.04 Å². The van der Waals surface area contributed by atoms with E-state index in [4.69, 9.17) is 23.2 Å². The third-order valence-electron chi connectivity index (χ3n) is 2.62. The number of anilines is 1. The van der Waals surface area contributed by atoms with E-state index in [2.05, 4.69) is 34.2 Å². The summed E-state index contributed by atoms with van der Waals surface area (Å²) < 4.78 is 1.08. The van der Waals surface area contributed by atoms with Crippen LogP contribution in [0.3, 0.4) is 0 Å². The molecule has 0 amide bonds. The molecule has 2 aromatic rings. The van der Waals surface area contributed by atoms with Gasteiger partial charge in [0.25, 0.3) is 0 Å². The molecule has 0 aliphatic rings. The summed E-state index contributed by atoms with van der Waals surface area (Å²) in [7, 11) is 0. The van der Waals surface area contributed by atoms with Gasteiger partial charge in [-0.25, -0.2) is 0 Å². The molecular weight excluding hydrogens is 333 g/mol. The van der Waals surface area contributed by atoms with Crippen LogP contribution in [-0.4, -0.2) is 0 Å². The molecule has 0 heterocycles. The molecule has 2 rings (SSSR count). The molecule has 0 spiro atoms. The fourth-order valence-electron chi connectivity index (χ4n) is 1.79. The summed E-state index contributed by atoms with van der Waals surface area (Å²) in [6.07, 6.45) is 0. The van der Waals surface area contributed by atoms with E-state index in [9.17, 15) is 0 Å². The quantitative estimate of drug-likeness (QED) is 0.727. The van der Waals surface area contributed by atoms with Crippen molar-refractivity contribution in [3.05, 3.63) is 62.5 Å². The Hall–Kier alpha value is -0.700. The highest BCUT2D eigenvalue weighted by Crippen LogP contribution is 2.28. The van der Waals surface area contributed by atoms with Gasteiger partial charge in [0.15, 0.2) is 0 Å². The maximum Gasteiger partial charge on any atom is 0.0496 e. The van der Waals surface area contributed by atoms with Gasteiger partial charge in [0.05, 0.1) is 0 Å². The summed E-state index contributed by atoms with van der Waals surface area (Å²) in [4.78, 5) is 0. The van der Waals surface area contributed by atoms with Gasteiger partial charge in [-0.05, 0) is 36.8 Å². The minimum atomic E-state index is 0.162. The molecule has 1 nitrogen and oxygen atoms in total. The van der Waals surface area contributed by atoms with Gasteiger partial charge in [-0.15, -0.1) is 0 Å². The molecule has 0 aromatic heterocycles. The van der Waals surface area contributed by atoms with Crippen molar-refractivity contribution in [2.45, 2.75) is 13.0 Å². The van der Waals surface area contributed by atoms with Crippen LogP contribution in [0.5, 0.6) is 0 Å². The first-order valence-corrected chi connectivity index (χ1v) is 7.08. The van der Waals surface area contributed by atoms with Gasteiger partial charge in [-0.2, -0.15) is 0 Å². The zero-order valence-electron chi connectivity index (χ0n) is 9.75. The molecule has 94 valence electrons. The van der Waals surface area contributed by atoms with E-state index >= 15 is 0 Å². The highest BCUT2D eigenvalue weighted by Gasteiger charge is 2.09. The topological polar surface area (TPSA) is 12.0 Å². The predicted octanol–water partition coefficient (Wildman–Crippen LogP) is 5.93. The molecule has 0 bridgehead atoms. The van der Waals surface area contributed by atoms with Gasteiger partial charge in [-0.1, -0.05) is 57.3 Å². The molecule has 18 heavy (non-hydrogen) atoms. The van der Waals surface area contributed by atoms with Crippen molar-refractivity contribution in [3.8, 4) is 0 Å². The van der Waals surface area contributed by atoms with Crippen LogP contribution in [0.15, 0.2) is 46.9 Å². The third-order valence-corrected chi connectivity index (χ3v) is 3.78. The van der Waals surface area contributed by atoms with Gasteiger partial charge in [0.1, 0.15) is 0 Å². The van der Waals surface area contributed by atoms with Gasteiger partial charge in [0.2, 0.25) is 0 Å². The fourth-order valence-corrected chi connectivity index (χ4v) is 2.95. The number of benzene rings is 2. The molecule has 0 saturated heterocycles. The molecule has 1 atom stereocenters. The average Bonchev–Trinajstić information content (AvgIpc) is 2.27. The van der Waals surface area contributed by atoms with E-state index in [1.165, 1.54) is 5.56 Å². The second-order valence-corrected chi connectivity index (χ2v) is 5.77. The van der Waals surface area contributed by atoms with E-state index in [1.807, 2.05) is 30.3 Å². The first-order chi connectivity index (χ1) is 8.56. The Kier molecular flexibility index (Phi) is 4.55. The van der Waals surface area contributed by atoms with Gasteiger partial charge >= 0.3 is 0 Å². The van der Waals surface area contributed by atoms with Crippen LogP contribution in [0.4, 0.5) is 5.69 Å². The summed E-state index contributed by atoms with van der Waals surface area (Å²) in [6.45, 7) is 2.09. The molecule has 1 unspecified atom stereocenters. The lowest BCUT2D eigenvalue weighted by Crippen LogP contribution is -2.07. The van der Waals surface area contributed by atoms with Crippen LogP contribution in [0.1, 0.15) is 18.5 Å². The Bertz CT molecular complexity index is 537. The van der Waals surface area contributed by atoms with Crippen molar-refractivity contribution < 1.29 is 0 Å². The molecule has 0 saturated carbocycles. The maximum absolute atomic E-state index is 5.98. The lowest BCUT2D eigenvalue weighted by molar-refractivity contribution is 0.879. The number of hydrogen-bond acceptors (Lipinski definition) is 1. The van der Waals surface area contributed by atoms with Crippen molar-refractivity contribution in [2.75, 3.05) is 5.32 Å². The Morgan fingerprint density at radius 3 is 2.28 bits per heavy atom. The normalized spacial score (nSPS) is 12.2. The molecule has 0 aliphatic carbocycles. The van der Waals surface area contributed by atoms with Crippen molar-refractivity contribution in [3.63, 3.8) is 0 Å². The smallest absolute Gasteiger partial charge is 0.0496 e. The molecule has 1 N–H and O–H groups in total. The van der Waals surface area contributed by atoms with Gasteiger partial charge in [0, 0.05) is 26.2 Å². The van der Waals surface area contributed by atoms with Gasteiger partial charge in [-0.3, -0.25) is 0 Å². The highest BCUT2D eigenvalue weighted by molar-refractivity contribution is 9.10. The Balaban J connectivity index is 2.21. The van der Waals surface area contributed by atoms with Crippen LogP contribution in [-0.2, 0) is 0 Å². The largest absolute Gasteiger partial charge is 0.378 e. The SMILES string of the molecule is CC(Nc1cc(Cl)cc(Cl)c1)c1ccccc1Br. The summed E-state index contributed by atoms with van der Waals surface area (Å²) >= 11 is 15.5. The van der Waals surface area contributed by atoms with Crippen LogP contribution in [0.2, 0.25) is 10.0 Å². The summed E-state index contributed by atoms with van der Waals surface area (Å²) in [6, 6.07) is 13.7. The fraction of sp³-hybridized carbons (Fsp3) is 0.143. The van der Waals surface area contributed by atoms with E-state index < -0.39 is 0 Å². The lowest BCUT2D eigenvalue weighted by atomic mass is 10.1. The Morgan fingerprint density at radius 1 is 1.06 bits per heavy atom. The Morgan fingerprint density at radius 2 is 1.67 bits per heavy atom. The average molecular weight is 345 g/mol. The zero-order chi connectivity index (χ0) is 13.1. The molecule has 4 heteroatoms. The molecule has 2 aromatic carbocycles. The maximum atomic E-state index is 5.98. The monoisotopic (exact) mass is 343 g/mol. The van der Waals surface area contributed by atoms with Crippen LogP contribution in [0.25, 0.3) is 0 Å². The first-order valence-electron chi connectivity index (χ1n) is 5.53. The number of rotatable bonds is 3. The minimum absolute atomic E-state index is 0.162. The summed E-state index contributed by atoms with van der Waals surface area (Å²) in [5, 5.41) is 4.64.